The molecule has 9 heterocycles. The van der Waals surface area contributed by atoms with Crippen molar-refractivity contribution in [1.82, 2.24) is 44.9 Å². The van der Waals surface area contributed by atoms with Crippen LogP contribution in [0.1, 0.15) is 0 Å². The Morgan fingerprint density at radius 3 is 0.857 bits per heavy atom. The van der Waals surface area contributed by atoms with Crippen LogP contribution in [0.15, 0.2) is 432 Å². The Kier molecular flexibility index (Phi) is 19.7. The summed E-state index contributed by atoms with van der Waals surface area (Å²) in [5.41, 5.74) is 26.0. The minimum atomic E-state index is -1.90. The quantitative estimate of drug-likeness (QED) is 0.113. The maximum atomic E-state index is 6.30. The van der Waals surface area contributed by atoms with E-state index in [1.54, 1.807) is 0 Å². The average Bonchev–Trinajstić information content (AvgIpc) is 1.58. The first-order valence-corrected chi connectivity index (χ1v) is 56.6. The lowest BCUT2D eigenvalue weighted by molar-refractivity contribution is 0.668. The van der Waals surface area contributed by atoms with Gasteiger partial charge in [0.25, 0.3) is 0 Å². The van der Waals surface area contributed by atoms with E-state index in [0.29, 0.717) is 52.4 Å². The molecule has 662 valence electrons. The van der Waals surface area contributed by atoms with Gasteiger partial charge in [0.15, 0.2) is 52.4 Å². The maximum Gasteiger partial charge on any atom is 0.164 e. The average molecular weight is 1850 g/mol. The molecule has 3 aliphatic heterocycles. The first kappa shape index (κ1) is 83.4. The maximum absolute atomic E-state index is 6.30. The number of hydrogen-bond donors (Lipinski definition) is 0. The zero-order valence-corrected chi connectivity index (χ0v) is 80.6. The number of aromatic nitrogens is 9. The molecule has 140 heavy (non-hydrogen) atoms. The van der Waals surface area contributed by atoms with E-state index in [-0.39, 0.29) is 0 Å². The van der Waals surface area contributed by atoms with Gasteiger partial charge >= 0.3 is 0 Å². The van der Waals surface area contributed by atoms with E-state index >= 15 is 0 Å². The number of nitrogens with zero attached hydrogens (tertiary/aromatic N) is 9. The summed E-state index contributed by atoms with van der Waals surface area (Å²) in [5.74, 6) is 5.83. The molecule has 19 aromatic carbocycles. The summed E-state index contributed by atoms with van der Waals surface area (Å²) < 4.78 is 18.8. The number of fused-ring (bicyclic) bond motifs is 20. The van der Waals surface area contributed by atoms with Crippen LogP contribution in [0.2, 0.25) is 39.3 Å². The van der Waals surface area contributed by atoms with Crippen molar-refractivity contribution in [2.75, 3.05) is 0 Å². The fourth-order valence-electron chi connectivity index (χ4n) is 21.8. The van der Waals surface area contributed by atoms with Gasteiger partial charge in [-0.15, -0.1) is 0 Å². The zero-order chi connectivity index (χ0) is 93.6. The molecule has 0 saturated heterocycles. The van der Waals surface area contributed by atoms with Crippen molar-refractivity contribution in [3.8, 4) is 158 Å². The van der Waals surface area contributed by atoms with Crippen molar-refractivity contribution in [2.45, 2.75) is 39.3 Å². The van der Waals surface area contributed by atoms with Crippen LogP contribution in [0.3, 0.4) is 0 Å². The molecule has 0 fully saturated rings. The number of para-hydroxylation sites is 3. The molecule has 0 amide bonds. The molecule has 15 heteroatoms. The van der Waals surface area contributed by atoms with Crippen molar-refractivity contribution in [3.05, 3.63) is 419 Å². The summed E-state index contributed by atoms with van der Waals surface area (Å²) in [5, 5.41) is 20.1. The highest BCUT2D eigenvalue weighted by molar-refractivity contribution is 7.05. The van der Waals surface area contributed by atoms with Crippen molar-refractivity contribution in [2.24, 2.45) is 0 Å². The van der Waals surface area contributed by atoms with Crippen molar-refractivity contribution < 1.29 is 13.3 Å². The van der Waals surface area contributed by atoms with Crippen LogP contribution in [0, 0.1) is 0 Å². The summed E-state index contributed by atoms with van der Waals surface area (Å²) in [6.07, 6.45) is 0. The number of furan rings is 3. The van der Waals surface area contributed by atoms with E-state index in [1.807, 2.05) is 91.0 Å². The summed E-state index contributed by atoms with van der Waals surface area (Å²) >= 11 is 0. The molecule has 6 aromatic heterocycles. The molecule has 0 bridgehead atoms. The highest BCUT2D eigenvalue weighted by Crippen LogP contribution is 2.45. The second-order valence-electron chi connectivity index (χ2n) is 38.2. The van der Waals surface area contributed by atoms with E-state index < -0.39 is 24.2 Å². The molecule has 25 aromatic rings. The van der Waals surface area contributed by atoms with Gasteiger partial charge in [0.1, 0.15) is 57.7 Å². The largest absolute Gasteiger partial charge is 0.456 e. The molecule has 28 rings (SSSR count). The zero-order valence-electron chi connectivity index (χ0n) is 77.6. The Hall–Kier alpha value is -17.2. The summed E-state index contributed by atoms with van der Waals surface area (Å²) in [6.45, 7) is 14.6. The smallest absolute Gasteiger partial charge is 0.164 e. The molecule has 0 saturated carbocycles. The standard InChI is InChI=1S/2C45H31N3OSi.C35H25N3OSi/c1-50(2)40-19-8-6-15-36(40)42-37(17-10-20-41(42)50)45-47-43(30-23-21-29(22-24-30)33-16-9-12-28-11-3-4-13-32(28)33)46-44(48-45)31-25-26-35-34-14-5-7-18-38(34)49-39(35)27-31;1-50(2)40-19-8-6-16-36(40)42-37(17-10-20-41(42)50)45-47-43(32-14-9-13-30(26-32)31-22-21-28-11-3-4-12-29(28)25-31)46-44(48-45)33-23-24-35-34-15-5-7-18-38(34)49-39(35)27-33;1-40(2)30-17-9-7-14-26(30)32-27(15-10-18-31(32)40)35-37-33(22-11-4-3-5-12-22)36-34(38-35)23-19-20-25-24-13-6-8-16-28(24)39-29(25)21-23/h2*3-27H,1-2H3;3-21H,1-2H3. The predicted molar refractivity (Wildman–Crippen MR) is 583 cm³/mol. The van der Waals surface area contributed by atoms with Gasteiger partial charge in [-0.05, 0) is 175 Å². The molecule has 0 aliphatic carbocycles. The molecule has 3 aliphatic rings. The van der Waals surface area contributed by atoms with Crippen molar-refractivity contribution in [1.29, 1.82) is 0 Å². The minimum absolute atomic E-state index is 0.615. The van der Waals surface area contributed by atoms with Crippen molar-refractivity contribution >= 4 is 143 Å². The second kappa shape index (κ2) is 33.1. The van der Waals surface area contributed by atoms with Gasteiger partial charge < -0.3 is 13.3 Å². The van der Waals surface area contributed by atoms with Crippen LogP contribution in [-0.4, -0.2) is 69.1 Å². The molecule has 0 radical (unpaired) electrons. The fourth-order valence-corrected chi connectivity index (χ4v) is 31.0. The molecular formula is C125H87N9O3Si3. The summed E-state index contributed by atoms with van der Waals surface area (Å²) in [7, 11) is -5.62. The SMILES string of the molecule is C[Si]1(C)c2ccccc2-c2c(-c3nc(-c4ccc(-c5cccc6ccccc56)cc4)nc(-c4ccc5c(c4)oc4ccccc45)n3)cccc21.C[Si]1(C)c2ccccc2-c2c(-c3nc(-c4cccc(-c5ccc6ccccc6c5)c4)nc(-c4ccc5c(c4)oc4ccccc45)n3)cccc21.C[Si]1(C)c2ccccc2-c2c(-c3nc(-c4ccccc4)nc(-c4ccc5c(c4)oc4ccccc45)n3)cccc21. The first-order valence-electron chi connectivity index (χ1n) is 47.6. The Labute approximate surface area is 810 Å². The fraction of sp³-hybridized carbons (Fsp3) is 0.0480. The molecule has 0 N–H and O–H groups in total. The predicted octanol–water partition coefficient (Wildman–Crippen LogP) is 28.4. The Morgan fingerprint density at radius 2 is 0.414 bits per heavy atom. The molecule has 12 nitrogen and oxygen atoms in total. The topological polar surface area (TPSA) is 155 Å². The van der Waals surface area contributed by atoms with E-state index in [1.165, 1.54) is 91.6 Å². The third-order valence-corrected chi connectivity index (χ3v) is 39.5. The van der Waals surface area contributed by atoms with E-state index in [2.05, 4.69) is 367 Å². The van der Waals surface area contributed by atoms with Gasteiger partial charge in [0.2, 0.25) is 0 Å². The van der Waals surface area contributed by atoms with E-state index in [0.717, 1.165) is 133 Å². The number of rotatable bonds is 11. The lowest BCUT2D eigenvalue weighted by atomic mass is 9.97. The highest BCUT2D eigenvalue weighted by Gasteiger charge is 2.42. The number of hydrogen-bond acceptors (Lipinski definition) is 12. The van der Waals surface area contributed by atoms with Gasteiger partial charge in [-0.25, -0.2) is 44.9 Å². The van der Waals surface area contributed by atoms with Gasteiger partial charge in [-0.2, -0.15) is 0 Å². The van der Waals surface area contributed by atoms with E-state index in [9.17, 15) is 0 Å². The van der Waals surface area contributed by atoms with E-state index in [4.69, 9.17) is 58.1 Å². The molecule has 0 atom stereocenters. The lowest BCUT2D eigenvalue weighted by Gasteiger charge is -2.18. The highest BCUT2D eigenvalue weighted by atomic mass is 28.3. The second-order valence-corrected chi connectivity index (χ2v) is 51.1. The van der Waals surface area contributed by atoms with Gasteiger partial charge in [-0.3, -0.25) is 0 Å². The monoisotopic (exact) mass is 1850 g/mol. The molecule has 0 spiro atoms. The molecule has 0 unspecified atom stereocenters. The van der Waals surface area contributed by atoms with Crippen molar-refractivity contribution in [3.63, 3.8) is 0 Å². The van der Waals surface area contributed by atoms with Crippen LogP contribution < -0.4 is 31.1 Å². The molecular weight excluding hydrogens is 1760 g/mol. The third kappa shape index (κ3) is 14.1. The van der Waals surface area contributed by atoms with Crippen LogP contribution in [0.4, 0.5) is 0 Å². The third-order valence-electron chi connectivity index (χ3n) is 28.8. The number of benzene rings is 19. The Balaban J connectivity index is 0.000000109. The van der Waals surface area contributed by atoms with Gasteiger partial charge in [0.05, 0.1) is 0 Å². The van der Waals surface area contributed by atoms with Gasteiger partial charge in [0, 0.05) is 82.4 Å². The van der Waals surface area contributed by atoms with Gasteiger partial charge in [-0.1, -0.05) is 391 Å². The van der Waals surface area contributed by atoms with Crippen LogP contribution in [0.25, 0.3) is 245 Å². The lowest BCUT2D eigenvalue weighted by Crippen LogP contribution is -2.49. The Morgan fingerprint density at radius 1 is 0.150 bits per heavy atom. The van der Waals surface area contributed by atoms with Crippen LogP contribution >= 0.6 is 0 Å². The van der Waals surface area contributed by atoms with Crippen LogP contribution in [0.5, 0.6) is 0 Å². The normalized spacial score (nSPS) is 13.2. The summed E-state index contributed by atoms with van der Waals surface area (Å²) in [6, 6.07) is 147. The summed E-state index contributed by atoms with van der Waals surface area (Å²) in [4.78, 5) is 46.3. The minimum Gasteiger partial charge on any atom is -0.456 e. The Bertz CT molecular complexity index is 9400. The van der Waals surface area contributed by atoms with Crippen LogP contribution in [-0.2, 0) is 0 Å². The first-order chi connectivity index (χ1) is 68.6.